The van der Waals surface area contributed by atoms with E-state index >= 15 is 0 Å². The second-order valence-electron chi connectivity index (χ2n) is 7.85. The number of nitrogens with one attached hydrogen (secondary N) is 1. The Morgan fingerprint density at radius 2 is 1.89 bits per heavy atom. The van der Waals surface area contributed by atoms with Gasteiger partial charge in [-0.1, -0.05) is 11.8 Å². The van der Waals surface area contributed by atoms with Gasteiger partial charge in [-0.05, 0) is 50.2 Å². The van der Waals surface area contributed by atoms with Gasteiger partial charge in [0.2, 0.25) is 5.91 Å². The number of nitrogens with zero attached hydrogens (tertiary/aromatic N) is 2. The van der Waals surface area contributed by atoms with Gasteiger partial charge >= 0.3 is 0 Å². The third kappa shape index (κ3) is 4.44. The van der Waals surface area contributed by atoms with Crippen molar-refractivity contribution in [1.29, 1.82) is 0 Å². The maximum Gasteiger partial charge on any atom is 0.234 e. The molecule has 0 radical (unpaired) electrons. The highest BCUT2D eigenvalue weighted by Crippen LogP contribution is 2.27. The van der Waals surface area contributed by atoms with Crippen molar-refractivity contribution < 1.29 is 14.3 Å². The van der Waals surface area contributed by atoms with Gasteiger partial charge in [0.25, 0.3) is 0 Å². The number of benzene rings is 1. The Hall–Kier alpha value is -2.20. The first-order valence-corrected chi connectivity index (χ1v) is 10.1. The van der Waals surface area contributed by atoms with E-state index in [9.17, 15) is 9.59 Å². The number of ketones is 1. The minimum atomic E-state index is -0.116. The molecule has 3 heterocycles. The third-order valence-electron chi connectivity index (χ3n) is 5.82. The lowest BCUT2D eigenvalue weighted by Crippen LogP contribution is -2.56. The van der Waals surface area contributed by atoms with Crippen molar-refractivity contribution in [2.75, 3.05) is 50.8 Å². The van der Waals surface area contributed by atoms with Gasteiger partial charge < -0.3 is 15.0 Å². The summed E-state index contributed by atoms with van der Waals surface area (Å²) in [4.78, 5) is 27.5. The van der Waals surface area contributed by atoms with Crippen LogP contribution in [0.4, 0.5) is 5.69 Å². The molecule has 148 valence electrons. The minimum Gasteiger partial charge on any atom is -0.372 e. The number of hydrogen-bond acceptors (Lipinski definition) is 5. The number of carbonyl (C=O) groups excluding carboxylic acids is 2. The lowest BCUT2D eigenvalue weighted by Gasteiger charge is -2.44. The van der Waals surface area contributed by atoms with E-state index in [-0.39, 0.29) is 23.7 Å². The maximum atomic E-state index is 12.0. The standard InChI is InChI=1S/C22H27N3O3/c26-20-7-13-25(21(27)16-20)19-5-3-18(4-6-19)2-1-12-24-14-15-28-22(17-24)8-10-23-11-9-22/h3-6,23H,7-17H2. The van der Waals surface area contributed by atoms with E-state index in [1.165, 1.54) is 0 Å². The molecule has 0 bridgehead atoms. The van der Waals surface area contributed by atoms with E-state index in [1.54, 1.807) is 4.90 Å². The lowest BCUT2D eigenvalue weighted by atomic mass is 9.90. The number of carbonyl (C=O) groups is 2. The highest BCUT2D eigenvalue weighted by molar-refractivity contribution is 6.08. The predicted molar refractivity (Wildman–Crippen MR) is 107 cm³/mol. The SMILES string of the molecule is O=C1CCN(c2ccc(C#CCN3CCOC4(CCNCC4)C3)cc2)C(=O)C1. The molecule has 1 spiro atoms. The molecule has 28 heavy (non-hydrogen) atoms. The summed E-state index contributed by atoms with van der Waals surface area (Å²) in [5.74, 6) is 6.43. The van der Waals surface area contributed by atoms with Crippen molar-refractivity contribution in [3.63, 3.8) is 0 Å². The molecule has 4 rings (SSSR count). The number of morpholine rings is 1. The van der Waals surface area contributed by atoms with Crippen molar-refractivity contribution in [3.05, 3.63) is 29.8 Å². The number of ether oxygens (including phenoxy) is 1. The second kappa shape index (κ2) is 8.44. The number of Topliss-reactive ketones (excluding diaryl/α,β-unsaturated/α-hetero) is 1. The zero-order valence-electron chi connectivity index (χ0n) is 16.2. The quantitative estimate of drug-likeness (QED) is 0.616. The Labute approximate surface area is 166 Å². The zero-order chi connectivity index (χ0) is 19.4. The summed E-state index contributed by atoms with van der Waals surface area (Å²) in [6.07, 6.45) is 2.58. The van der Waals surface area contributed by atoms with Crippen molar-refractivity contribution in [2.45, 2.75) is 31.3 Å². The molecule has 1 amide bonds. The number of piperidine rings is 2. The summed E-state index contributed by atoms with van der Waals surface area (Å²) in [5.41, 5.74) is 1.79. The van der Waals surface area contributed by atoms with E-state index in [1.807, 2.05) is 24.3 Å². The summed E-state index contributed by atoms with van der Waals surface area (Å²) < 4.78 is 6.10. The third-order valence-corrected chi connectivity index (χ3v) is 5.82. The molecule has 0 unspecified atom stereocenters. The molecular weight excluding hydrogens is 354 g/mol. The van der Waals surface area contributed by atoms with Gasteiger partial charge in [0, 0.05) is 37.3 Å². The number of anilines is 1. The molecule has 0 atom stereocenters. The van der Waals surface area contributed by atoms with Gasteiger partial charge in [-0.2, -0.15) is 0 Å². The van der Waals surface area contributed by atoms with Crippen LogP contribution in [0.3, 0.4) is 0 Å². The smallest absolute Gasteiger partial charge is 0.234 e. The molecule has 0 saturated carbocycles. The Kier molecular flexibility index (Phi) is 5.77. The van der Waals surface area contributed by atoms with Crippen molar-refractivity contribution in [1.82, 2.24) is 10.2 Å². The first kappa shape index (κ1) is 19.1. The Bertz CT molecular complexity index is 782. The fourth-order valence-electron chi connectivity index (χ4n) is 4.21. The summed E-state index contributed by atoms with van der Waals surface area (Å²) in [7, 11) is 0. The zero-order valence-corrected chi connectivity index (χ0v) is 16.2. The first-order valence-electron chi connectivity index (χ1n) is 10.1. The number of rotatable bonds is 2. The molecule has 3 saturated heterocycles. The molecular formula is C22H27N3O3. The average molecular weight is 381 g/mol. The van der Waals surface area contributed by atoms with Crippen molar-refractivity contribution >= 4 is 17.4 Å². The Morgan fingerprint density at radius 1 is 1.11 bits per heavy atom. The van der Waals surface area contributed by atoms with Crippen LogP contribution < -0.4 is 10.2 Å². The highest BCUT2D eigenvalue weighted by atomic mass is 16.5. The van der Waals surface area contributed by atoms with Crippen LogP contribution in [0.5, 0.6) is 0 Å². The monoisotopic (exact) mass is 381 g/mol. The molecule has 3 aliphatic heterocycles. The number of amides is 1. The highest BCUT2D eigenvalue weighted by Gasteiger charge is 2.37. The maximum absolute atomic E-state index is 12.0. The van der Waals surface area contributed by atoms with E-state index in [0.29, 0.717) is 13.0 Å². The Balaban J connectivity index is 1.33. The molecule has 1 N–H and O–H groups in total. The molecule has 0 aliphatic carbocycles. The average Bonchev–Trinajstić information content (AvgIpc) is 2.70. The van der Waals surface area contributed by atoms with E-state index in [0.717, 1.165) is 63.4 Å². The first-order chi connectivity index (χ1) is 13.6. The van der Waals surface area contributed by atoms with Crippen LogP contribution in [0, 0.1) is 11.8 Å². The van der Waals surface area contributed by atoms with Crippen LogP contribution >= 0.6 is 0 Å². The van der Waals surface area contributed by atoms with Crippen LogP contribution in [0.1, 0.15) is 31.2 Å². The van der Waals surface area contributed by atoms with Gasteiger partial charge in [0.05, 0.1) is 25.2 Å². The Morgan fingerprint density at radius 3 is 2.64 bits per heavy atom. The van der Waals surface area contributed by atoms with Gasteiger partial charge in [-0.25, -0.2) is 0 Å². The van der Waals surface area contributed by atoms with E-state index < -0.39 is 0 Å². The largest absolute Gasteiger partial charge is 0.372 e. The van der Waals surface area contributed by atoms with Crippen LogP contribution in [0.15, 0.2) is 24.3 Å². The van der Waals surface area contributed by atoms with Gasteiger partial charge in [-0.3, -0.25) is 14.5 Å². The molecule has 0 aromatic heterocycles. The summed E-state index contributed by atoms with van der Waals surface area (Å²) in [6, 6.07) is 7.71. The van der Waals surface area contributed by atoms with Gasteiger partial charge in [0.15, 0.2) is 0 Å². The molecule has 6 heteroatoms. The summed E-state index contributed by atoms with van der Waals surface area (Å²) >= 11 is 0. The van der Waals surface area contributed by atoms with Crippen molar-refractivity contribution in [2.24, 2.45) is 0 Å². The predicted octanol–water partition coefficient (Wildman–Crippen LogP) is 1.19. The molecule has 3 fully saturated rings. The fourth-order valence-corrected chi connectivity index (χ4v) is 4.21. The molecule has 1 aromatic rings. The van der Waals surface area contributed by atoms with Crippen molar-refractivity contribution in [3.8, 4) is 11.8 Å². The van der Waals surface area contributed by atoms with Crippen LogP contribution in [-0.2, 0) is 14.3 Å². The van der Waals surface area contributed by atoms with Crippen LogP contribution in [0.2, 0.25) is 0 Å². The molecule has 1 aromatic carbocycles. The summed E-state index contributed by atoms with van der Waals surface area (Å²) in [6.45, 7) is 5.93. The normalized spacial score (nSPS) is 22.8. The summed E-state index contributed by atoms with van der Waals surface area (Å²) in [5, 5.41) is 3.40. The lowest BCUT2D eigenvalue weighted by molar-refractivity contribution is -0.128. The molecule has 3 aliphatic rings. The van der Waals surface area contributed by atoms with Gasteiger partial charge in [-0.15, -0.1) is 0 Å². The molecule has 6 nitrogen and oxygen atoms in total. The minimum absolute atomic E-state index is 0.00912. The van der Waals surface area contributed by atoms with Crippen LogP contribution in [-0.4, -0.2) is 68.1 Å². The topological polar surface area (TPSA) is 61.9 Å². The fraction of sp³-hybridized carbons (Fsp3) is 0.545. The number of hydrogen-bond donors (Lipinski definition) is 1. The van der Waals surface area contributed by atoms with Crippen LogP contribution in [0.25, 0.3) is 0 Å². The van der Waals surface area contributed by atoms with E-state index in [2.05, 4.69) is 22.1 Å². The van der Waals surface area contributed by atoms with Gasteiger partial charge in [0.1, 0.15) is 5.78 Å². The van der Waals surface area contributed by atoms with E-state index in [4.69, 9.17) is 4.74 Å². The second-order valence-corrected chi connectivity index (χ2v) is 7.85.